The summed E-state index contributed by atoms with van der Waals surface area (Å²) in [4.78, 5) is 33.5. The van der Waals surface area contributed by atoms with Crippen LogP contribution in [0, 0.1) is 0 Å². The van der Waals surface area contributed by atoms with Crippen molar-refractivity contribution in [2.45, 2.75) is 0 Å². The lowest BCUT2D eigenvalue weighted by atomic mass is 10.0. The largest absolute Gasteiger partial charge is 0.368 e. The molecule has 0 bridgehead atoms. The van der Waals surface area contributed by atoms with E-state index >= 15 is 0 Å². The third kappa shape index (κ3) is 0.756. The smallest absolute Gasteiger partial charge is 0.287 e. The normalized spacial score (nSPS) is 11.4. The summed E-state index contributed by atoms with van der Waals surface area (Å²) in [7, 11) is 0. The average molecular weight is 185 g/mol. The number of imidazole rings is 1. The summed E-state index contributed by atoms with van der Waals surface area (Å²) in [5.41, 5.74) is 0.989. The molecule has 3 aliphatic rings. The Balaban J connectivity index is 2.60. The van der Waals surface area contributed by atoms with E-state index in [1.54, 1.807) is 12.4 Å². The van der Waals surface area contributed by atoms with E-state index in [4.69, 9.17) is 0 Å². The molecule has 0 unspecified atom stereocenters. The van der Waals surface area contributed by atoms with Gasteiger partial charge >= 0.3 is 5.69 Å². The first-order valence-electron chi connectivity index (χ1n) is 3.97. The molecule has 0 fully saturated rings. The molecule has 3 rings (SSSR count). The first-order chi connectivity index (χ1) is 6.75. The molecule has 0 atom stereocenters. The number of rotatable bonds is 0. The molecule has 0 radical (unpaired) electrons. The van der Waals surface area contributed by atoms with Crippen LogP contribution in [0.15, 0.2) is 28.0 Å². The Morgan fingerprint density at radius 1 is 1.00 bits per heavy atom. The zero-order valence-electron chi connectivity index (χ0n) is 6.89. The first kappa shape index (κ1) is 7.25. The fraction of sp³-hybridized carbons (Fsp3) is 0. The molecule has 0 aromatic heterocycles. The summed E-state index contributed by atoms with van der Waals surface area (Å²) in [6.07, 6.45) is 3.14. The number of fused-ring (bicyclic) bond motifs is 3. The minimum absolute atomic E-state index is 0.135. The van der Waals surface area contributed by atoms with Gasteiger partial charge in [-0.2, -0.15) is 9.97 Å². The molecular weight excluding hydrogens is 182 g/mol. The van der Waals surface area contributed by atoms with E-state index in [1.807, 2.05) is 0 Å². The number of aromatic nitrogens is 3. The lowest BCUT2D eigenvalue weighted by Gasteiger charge is -1.99. The molecule has 0 saturated heterocycles. The predicted molar refractivity (Wildman–Crippen MR) is 48.0 cm³/mol. The minimum atomic E-state index is -0.620. The van der Waals surface area contributed by atoms with Gasteiger partial charge < -0.3 is 0 Å². The molecule has 5 nitrogen and oxygen atoms in total. The van der Waals surface area contributed by atoms with Gasteiger partial charge in [0, 0.05) is 23.5 Å². The molecule has 1 aliphatic carbocycles. The van der Waals surface area contributed by atoms with E-state index < -0.39 is 5.69 Å². The van der Waals surface area contributed by atoms with Crippen molar-refractivity contribution in [3.63, 3.8) is 0 Å². The second kappa shape index (κ2) is 2.20. The highest BCUT2D eigenvalue weighted by molar-refractivity contribution is 5.81. The fourth-order valence-corrected chi connectivity index (χ4v) is 1.54. The molecule has 0 amide bonds. The molecule has 66 valence electrons. The number of nitrogens with zero attached hydrogens (tertiary/aromatic N) is 3. The van der Waals surface area contributed by atoms with Crippen LogP contribution in [-0.2, 0) is 0 Å². The van der Waals surface area contributed by atoms with Crippen LogP contribution in [0.2, 0.25) is 0 Å². The van der Waals surface area contributed by atoms with Gasteiger partial charge in [-0.25, -0.2) is 4.79 Å². The van der Waals surface area contributed by atoms with Crippen LogP contribution in [0.5, 0.6) is 0 Å². The molecule has 2 heterocycles. The lowest BCUT2D eigenvalue weighted by Crippen LogP contribution is -2.06. The van der Waals surface area contributed by atoms with Gasteiger partial charge in [0.1, 0.15) is 11.4 Å². The van der Waals surface area contributed by atoms with Crippen molar-refractivity contribution in [2.24, 2.45) is 0 Å². The zero-order valence-corrected chi connectivity index (χ0v) is 6.89. The first-order valence-corrected chi connectivity index (χ1v) is 3.97. The maximum absolute atomic E-state index is 11.4. The number of hydrogen-bond donors (Lipinski definition) is 0. The molecule has 2 aliphatic heterocycles. The average Bonchev–Trinajstić information content (AvgIpc) is 2.69. The molecular formula is C9H3N3O2. The molecule has 0 saturated carbocycles. The fourth-order valence-electron chi connectivity index (χ4n) is 1.54. The monoisotopic (exact) mass is 185 g/mol. The Bertz CT molecular complexity index is 639. The standard InChI is InChI=1S/C9H3N3O2/c13-6-1-4-2-10-3-5(4)7-8(6)12-9(14)11-7/h1-3H. The van der Waals surface area contributed by atoms with Crippen LogP contribution < -0.4 is 11.1 Å². The van der Waals surface area contributed by atoms with Crippen LogP contribution in [0.3, 0.4) is 0 Å². The van der Waals surface area contributed by atoms with Crippen molar-refractivity contribution < 1.29 is 0 Å². The van der Waals surface area contributed by atoms with Crippen LogP contribution >= 0.6 is 0 Å². The minimum Gasteiger partial charge on any atom is -0.287 e. The number of benzene rings is 1. The molecule has 0 spiro atoms. The second-order valence-corrected chi connectivity index (χ2v) is 2.99. The molecule has 0 aromatic carbocycles. The van der Waals surface area contributed by atoms with E-state index in [0.717, 1.165) is 0 Å². The highest BCUT2D eigenvalue weighted by atomic mass is 16.1. The maximum Gasteiger partial charge on any atom is 0.368 e. The summed E-state index contributed by atoms with van der Waals surface area (Å²) in [6.45, 7) is 0. The highest BCUT2D eigenvalue weighted by Gasteiger charge is 2.21. The SMILES string of the molecule is O=c1nc2c3cncc-3cc(=O)c-2n1. The van der Waals surface area contributed by atoms with E-state index in [-0.39, 0.29) is 11.1 Å². The summed E-state index contributed by atoms with van der Waals surface area (Å²) in [5.74, 6) is 0. The Hall–Kier alpha value is -2.17. The topological polar surface area (TPSA) is 72.8 Å². The zero-order chi connectivity index (χ0) is 9.71. The Morgan fingerprint density at radius 2 is 1.79 bits per heavy atom. The van der Waals surface area contributed by atoms with Crippen LogP contribution in [0.1, 0.15) is 0 Å². The summed E-state index contributed by atoms with van der Waals surface area (Å²) in [6, 6.07) is 1.42. The van der Waals surface area contributed by atoms with E-state index in [1.165, 1.54) is 6.07 Å². The van der Waals surface area contributed by atoms with Crippen LogP contribution in [-0.4, -0.2) is 15.0 Å². The number of hydrogen-bond acceptors (Lipinski definition) is 5. The second-order valence-electron chi connectivity index (χ2n) is 2.99. The van der Waals surface area contributed by atoms with Crippen molar-refractivity contribution in [1.82, 2.24) is 15.0 Å². The van der Waals surface area contributed by atoms with E-state index in [0.29, 0.717) is 16.8 Å². The third-order valence-corrected chi connectivity index (χ3v) is 2.14. The summed E-state index contributed by atoms with van der Waals surface area (Å²) >= 11 is 0. The molecule has 5 heteroatoms. The summed E-state index contributed by atoms with van der Waals surface area (Å²) < 4.78 is 0. The highest BCUT2D eigenvalue weighted by Crippen LogP contribution is 2.28. The van der Waals surface area contributed by atoms with Gasteiger partial charge in [0.25, 0.3) is 0 Å². The van der Waals surface area contributed by atoms with Crippen molar-refractivity contribution in [1.29, 1.82) is 0 Å². The van der Waals surface area contributed by atoms with E-state index in [9.17, 15) is 9.59 Å². The van der Waals surface area contributed by atoms with Gasteiger partial charge in [0.05, 0.1) is 0 Å². The van der Waals surface area contributed by atoms with Crippen LogP contribution in [0.25, 0.3) is 22.5 Å². The Kier molecular flexibility index (Phi) is 1.14. The van der Waals surface area contributed by atoms with Gasteiger partial charge in [0.2, 0.25) is 5.43 Å². The predicted octanol–water partition coefficient (Wildman–Crippen LogP) is -0.323. The van der Waals surface area contributed by atoms with E-state index in [2.05, 4.69) is 15.0 Å². The van der Waals surface area contributed by atoms with Crippen molar-refractivity contribution in [2.75, 3.05) is 0 Å². The third-order valence-electron chi connectivity index (χ3n) is 2.14. The van der Waals surface area contributed by atoms with Crippen molar-refractivity contribution >= 4 is 0 Å². The Morgan fingerprint density at radius 3 is 2.64 bits per heavy atom. The molecule has 0 N–H and O–H groups in total. The van der Waals surface area contributed by atoms with Gasteiger partial charge in [-0.3, -0.25) is 9.78 Å². The Labute approximate surface area is 77.5 Å². The maximum atomic E-state index is 11.4. The van der Waals surface area contributed by atoms with Gasteiger partial charge in [0.15, 0.2) is 0 Å². The van der Waals surface area contributed by atoms with Crippen LogP contribution in [0.4, 0.5) is 0 Å². The lowest BCUT2D eigenvalue weighted by molar-refractivity contribution is 1.20. The van der Waals surface area contributed by atoms with Crippen molar-refractivity contribution in [3.05, 3.63) is 39.2 Å². The van der Waals surface area contributed by atoms with Crippen molar-refractivity contribution in [3.8, 4) is 22.5 Å². The quantitative estimate of drug-likeness (QED) is 0.479. The van der Waals surface area contributed by atoms with Gasteiger partial charge in [-0.1, -0.05) is 0 Å². The molecule has 0 aromatic rings. The molecule has 14 heavy (non-hydrogen) atoms. The van der Waals surface area contributed by atoms with Gasteiger partial charge in [-0.05, 0) is 6.07 Å². The summed E-state index contributed by atoms with van der Waals surface area (Å²) in [5, 5.41) is 0. The van der Waals surface area contributed by atoms with Gasteiger partial charge in [-0.15, -0.1) is 0 Å².